The van der Waals surface area contributed by atoms with Gasteiger partial charge in [-0.15, -0.1) is 0 Å². The van der Waals surface area contributed by atoms with E-state index < -0.39 is 0 Å². The molecular weight excluding hydrogens is 376 g/mol. The van der Waals surface area contributed by atoms with Crippen molar-refractivity contribution in [2.45, 2.75) is 19.3 Å². The molecule has 7 nitrogen and oxygen atoms in total. The van der Waals surface area contributed by atoms with Crippen LogP contribution in [0.1, 0.15) is 34.5 Å². The number of carbonyl (C=O) groups excluding carboxylic acids is 1. The van der Waals surface area contributed by atoms with Gasteiger partial charge in [0.2, 0.25) is 6.79 Å². The third-order valence-corrected chi connectivity index (χ3v) is 5.66. The molecule has 3 heterocycles. The molecule has 0 atom stereocenters. The maximum absolute atomic E-state index is 12.2. The van der Waals surface area contributed by atoms with Crippen LogP contribution in [0.2, 0.25) is 5.15 Å². The number of hydrazone groups is 1. The lowest BCUT2D eigenvalue weighted by molar-refractivity contribution is 0.0954. The van der Waals surface area contributed by atoms with Crippen LogP contribution in [0.15, 0.2) is 23.3 Å². The SMILES string of the molecule is O=C(N/N=C\c1sc(N2CCCCC2)nc1Cl)c1ccc2c(c1)OCO2. The first kappa shape index (κ1) is 17.1. The summed E-state index contributed by atoms with van der Waals surface area (Å²) in [5.74, 6) is 0.849. The summed E-state index contributed by atoms with van der Waals surface area (Å²) >= 11 is 7.67. The number of thiazole rings is 1. The van der Waals surface area contributed by atoms with Gasteiger partial charge in [0.05, 0.1) is 11.1 Å². The second kappa shape index (κ2) is 7.51. The molecule has 4 rings (SSSR count). The van der Waals surface area contributed by atoms with Gasteiger partial charge in [-0.3, -0.25) is 4.79 Å². The van der Waals surface area contributed by atoms with Crippen molar-refractivity contribution >= 4 is 40.2 Å². The quantitative estimate of drug-likeness (QED) is 0.638. The van der Waals surface area contributed by atoms with Crippen LogP contribution in [-0.2, 0) is 0 Å². The molecule has 136 valence electrons. The predicted octanol–water partition coefficient (Wildman–Crippen LogP) is 3.28. The van der Waals surface area contributed by atoms with Crippen molar-refractivity contribution < 1.29 is 14.3 Å². The first-order valence-corrected chi connectivity index (χ1v) is 9.54. The number of nitrogens with zero attached hydrogens (tertiary/aromatic N) is 3. The van der Waals surface area contributed by atoms with Crippen LogP contribution in [0, 0.1) is 0 Å². The van der Waals surface area contributed by atoms with Crippen molar-refractivity contribution in [2.75, 3.05) is 24.8 Å². The Hall–Kier alpha value is -2.32. The number of aromatic nitrogens is 1. The number of piperidine rings is 1. The lowest BCUT2D eigenvalue weighted by atomic mass is 10.1. The molecule has 0 unspecified atom stereocenters. The maximum Gasteiger partial charge on any atom is 0.271 e. The topological polar surface area (TPSA) is 76.1 Å². The fourth-order valence-electron chi connectivity index (χ4n) is 2.85. The summed E-state index contributed by atoms with van der Waals surface area (Å²) in [5, 5.41) is 5.30. The van der Waals surface area contributed by atoms with E-state index in [1.807, 2.05) is 0 Å². The lowest BCUT2D eigenvalue weighted by Crippen LogP contribution is -2.29. The molecule has 1 saturated heterocycles. The molecule has 1 amide bonds. The van der Waals surface area contributed by atoms with E-state index in [0.717, 1.165) is 23.1 Å². The summed E-state index contributed by atoms with van der Waals surface area (Å²) in [7, 11) is 0. The number of fused-ring (bicyclic) bond motifs is 1. The average Bonchev–Trinajstić information content (AvgIpc) is 3.28. The van der Waals surface area contributed by atoms with Crippen molar-refractivity contribution in [1.29, 1.82) is 0 Å². The Morgan fingerprint density at radius 1 is 1.27 bits per heavy atom. The van der Waals surface area contributed by atoms with Crippen LogP contribution < -0.4 is 19.8 Å². The molecule has 0 saturated carbocycles. The number of benzene rings is 1. The van der Waals surface area contributed by atoms with Gasteiger partial charge < -0.3 is 14.4 Å². The monoisotopic (exact) mass is 392 g/mol. The molecule has 9 heteroatoms. The van der Waals surface area contributed by atoms with Crippen LogP contribution in [-0.4, -0.2) is 37.0 Å². The van der Waals surface area contributed by atoms with Crippen molar-refractivity contribution in [1.82, 2.24) is 10.4 Å². The van der Waals surface area contributed by atoms with Gasteiger partial charge in [0, 0.05) is 18.7 Å². The summed E-state index contributed by atoms with van der Waals surface area (Å²) < 4.78 is 10.5. The number of nitrogens with one attached hydrogen (secondary N) is 1. The summed E-state index contributed by atoms with van der Waals surface area (Å²) in [5.41, 5.74) is 2.94. The van der Waals surface area contributed by atoms with Gasteiger partial charge in [0.15, 0.2) is 21.8 Å². The molecule has 26 heavy (non-hydrogen) atoms. The van der Waals surface area contributed by atoms with Gasteiger partial charge in [-0.1, -0.05) is 22.9 Å². The zero-order chi connectivity index (χ0) is 17.9. The van der Waals surface area contributed by atoms with Crippen LogP contribution in [0.25, 0.3) is 0 Å². The van der Waals surface area contributed by atoms with E-state index in [1.165, 1.54) is 36.8 Å². The normalized spacial score (nSPS) is 16.3. The molecule has 0 spiro atoms. The maximum atomic E-state index is 12.2. The minimum absolute atomic E-state index is 0.168. The van der Waals surface area contributed by atoms with Gasteiger partial charge in [-0.05, 0) is 37.5 Å². The first-order valence-electron chi connectivity index (χ1n) is 8.35. The Bertz CT molecular complexity index is 849. The van der Waals surface area contributed by atoms with E-state index in [2.05, 4.69) is 20.4 Å². The third-order valence-electron chi connectivity index (χ3n) is 4.21. The second-order valence-corrected chi connectivity index (χ2v) is 7.33. The number of amides is 1. The smallest absolute Gasteiger partial charge is 0.271 e. The largest absolute Gasteiger partial charge is 0.454 e. The number of carbonyl (C=O) groups is 1. The Morgan fingerprint density at radius 2 is 2.08 bits per heavy atom. The molecule has 1 aromatic heterocycles. The Morgan fingerprint density at radius 3 is 2.92 bits per heavy atom. The molecule has 1 N–H and O–H groups in total. The van der Waals surface area contributed by atoms with Gasteiger partial charge in [-0.2, -0.15) is 5.10 Å². The zero-order valence-corrected chi connectivity index (χ0v) is 15.5. The Kier molecular flexibility index (Phi) is 4.94. The molecule has 1 aromatic carbocycles. The van der Waals surface area contributed by atoms with Crippen LogP contribution in [0.5, 0.6) is 11.5 Å². The van der Waals surface area contributed by atoms with Crippen LogP contribution >= 0.6 is 22.9 Å². The van der Waals surface area contributed by atoms with E-state index in [9.17, 15) is 4.79 Å². The highest BCUT2D eigenvalue weighted by Crippen LogP contribution is 2.32. The molecule has 0 radical (unpaired) electrons. The average molecular weight is 393 g/mol. The highest BCUT2D eigenvalue weighted by molar-refractivity contribution is 7.17. The van der Waals surface area contributed by atoms with E-state index >= 15 is 0 Å². The molecule has 0 bridgehead atoms. The van der Waals surface area contributed by atoms with E-state index in [-0.39, 0.29) is 12.7 Å². The van der Waals surface area contributed by atoms with E-state index in [4.69, 9.17) is 21.1 Å². The Labute approximate surface area is 159 Å². The number of anilines is 1. The third kappa shape index (κ3) is 3.61. The highest BCUT2D eigenvalue weighted by Gasteiger charge is 2.18. The number of hydrogen-bond donors (Lipinski definition) is 1. The first-order chi connectivity index (χ1) is 12.7. The van der Waals surface area contributed by atoms with Crippen molar-refractivity contribution in [3.05, 3.63) is 33.8 Å². The molecule has 2 aliphatic heterocycles. The molecule has 1 fully saturated rings. The van der Waals surface area contributed by atoms with Gasteiger partial charge in [0.25, 0.3) is 5.91 Å². The van der Waals surface area contributed by atoms with Crippen molar-refractivity contribution in [2.24, 2.45) is 5.10 Å². The molecule has 2 aliphatic rings. The molecule has 0 aliphatic carbocycles. The zero-order valence-electron chi connectivity index (χ0n) is 13.9. The standard InChI is InChI=1S/C17H17ClN4O3S/c18-15-14(26-17(20-15)22-6-2-1-3-7-22)9-19-21-16(23)11-4-5-12-13(8-11)25-10-24-12/h4-5,8-9H,1-3,6-7,10H2,(H,21,23)/b19-9-. The summed E-state index contributed by atoms with van der Waals surface area (Å²) in [6.07, 6.45) is 5.13. The minimum atomic E-state index is -0.337. The summed E-state index contributed by atoms with van der Waals surface area (Å²) in [4.78, 5) is 19.6. The fraction of sp³-hybridized carbons (Fsp3) is 0.353. The fourth-order valence-corrected chi connectivity index (χ4v) is 4.03. The van der Waals surface area contributed by atoms with E-state index in [0.29, 0.717) is 22.2 Å². The van der Waals surface area contributed by atoms with Gasteiger partial charge in [-0.25, -0.2) is 10.4 Å². The number of hydrogen-bond acceptors (Lipinski definition) is 7. The van der Waals surface area contributed by atoms with Gasteiger partial charge in [0.1, 0.15) is 0 Å². The summed E-state index contributed by atoms with van der Waals surface area (Å²) in [6, 6.07) is 4.99. The van der Waals surface area contributed by atoms with Crippen molar-refractivity contribution in [3.63, 3.8) is 0 Å². The summed E-state index contributed by atoms with van der Waals surface area (Å²) in [6.45, 7) is 2.17. The lowest BCUT2D eigenvalue weighted by Gasteiger charge is -2.25. The minimum Gasteiger partial charge on any atom is -0.454 e. The molecular formula is C17H17ClN4O3S. The van der Waals surface area contributed by atoms with E-state index in [1.54, 1.807) is 18.2 Å². The second-order valence-electron chi connectivity index (χ2n) is 5.97. The number of ether oxygens (including phenoxy) is 2. The van der Waals surface area contributed by atoms with Gasteiger partial charge >= 0.3 is 0 Å². The van der Waals surface area contributed by atoms with Crippen LogP contribution in [0.3, 0.4) is 0 Å². The predicted molar refractivity (Wildman–Crippen MR) is 101 cm³/mol. The van der Waals surface area contributed by atoms with Crippen LogP contribution in [0.4, 0.5) is 5.13 Å². The van der Waals surface area contributed by atoms with Crippen molar-refractivity contribution in [3.8, 4) is 11.5 Å². The number of halogens is 1. The highest BCUT2D eigenvalue weighted by atomic mass is 35.5. The number of rotatable bonds is 4. The molecule has 2 aromatic rings. The Balaban J connectivity index is 1.40.